The van der Waals surface area contributed by atoms with Crippen LogP contribution in [0.5, 0.6) is 0 Å². The number of carbonyl (C=O) groups is 1. The minimum Gasteiger partial charge on any atom is -0.464 e. The largest absolute Gasteiger partial charge is 0.464 e. The van der Waals surface area contributed by atoms with Gasteiger partial charge in [0.25, 0.3) is 0 Å². The molecule has 0 fully saturated rings. The zero-order valence-corrected chi connectivity index (χ0v) is 10.9. The molecule has 0 heterocycles. The molecule has 2 rings (SSSR count). The van der Waals surface area contributed by atoms with Gasteiger partial charge in [0.05, 0.1) is 6.61 Å². The van der Waals surface area contributed by atoms with Gasteiger partial charge in [-0.15, -0.1) is 0 Å². The molecule has 3 heteroatoms. The summed E-state index contributed by atoms with van der Waals surface area (Å²) in [6.45, 7) is 2.18. The number of ether oxygens (including phenoxy) is 1. The maximum atomic E-state index is 12.1. The van der Waals surface area contributed by atoms with Crippen molar-refractivity contribution in [2.75, 3.05) is 11.9 Å². The third-order valence-corrected chi connectivity index (χ3v) is 2.74. The summed E-state index contributed by atoms with van der Waals surface area (Å²) in [6, 6.07) is 18.7. The smallest absolute Gasteiger partial charge is 0.333 e. The van der Waals surface area contributed by atoms with Crippen LogP contribution in [0.1, 0.15) is 18.5 Å². The molecule has 1 atom stereocenters. The molecule has 0 aliphatic rings. The van der Waals surface area contributed by atoms with E-state index in [4.69, 9.17) is 4.74 Å². The highest BCUT2D eigenvalue weighted by Crippen LogP contribution is 2.20. The van der Waals surface area contributed by atoms with Gasteiger partial charge in [0.2, 0.25) is 0 Å². The molecular weight excluding hydrogens is 238 g/mol. The summed E-state index contributed by atoms with van der Waals surface area (Å²) in [7, 11) is 0. The molecule has 0 amide bonds. The zero-order valence-electron chi connectivity index (χ0n) is 10.9. The van der Waals surface area contributed by atoms with Crippen molar-refractivity contribution in [1.29, 1.82) is 0 Å². The fourth-order valence-electron chi connectivity index (χ4n) is 1.85. The number of hydrogen-bond acceptors (Lipinski definition) is 3. The average molecular weight is 255 g/mol. The summed E-state index contributed by atoms with van der Waals surface area (Å²) in [6.07, 6.45) is 0. The quantitative estimate of drug-likeness (QED) is 0.832. The normalized spacial score (nSPS) is 11.6. The second-order valence-electron chi connectivity index (χ2n) is 4.11. The first kappa shape index (κ1) is 13.1. The van der Waals surface area contributed by atoms with Crippen molar-refractivity contribution < 1.29 is 9.53 Å². The second-order valence-corrected chi connectivity index (χ2v) is 4.11. The first-order valence-corrected chi connectivity index (χ1v) is 6.34. The van der Waals surface area contributed by atoms with Crippen molar-refractivity contribution in [1.82, 2.24) is 0 Å². The number of hydrogen-bond donors (Lipinski definition) is 1. The topological polar surface area (TPSA) is 38.3 Å². The van der Waals surface area contributed by atoms with Gasteiger partial charge in [0.15, 0.2) is 6.04 Å². The van der Waals surface area contributed by atoms with Crippen molar-refractivity contribution in [3.8, 4) is 0 Å². The summed E-state index contributed by atoms with van der Waals surface area (Å²) in [5, 5.41) is 3.21. The number of anilines is 1. The first-order valence-electron chi connectivity index (χ1n) is 6.34. The van der Waals surface area contributed by atoms with E-state index in [0.717, 1.165) is 11.3 Å². The lowest BCUT2D eigenvalue weighted by Crippen LogP contribution is -2.23. The van der Waals surface area contributed by atoms with Crippen LogP contribution in [0.4, 0.5) is 5.69 Å². The van der Waals surface area contributed by atoms with Crippen molar-refractivity contribution >= 4 is 11.7 Å². The van der Waals surface area contributed by atoms with Crippen LogP contribution >= 0.6 is 0 Å². The number of benzene rings is 2. The van der Waals surface area contributed by atoms with Gasteiger partial charge in [-0.1, -0.05) is 48.5 Å². The van der Waals surface area contributed by atoms with E-state index in [9.17, 15) is 4.79 Å². The Hall–Kier alpha value is -2.29. The van der Waals surface area contributed by atoms with Gasteiger partial charge < -0.3 is 10.1 Å². The lowest BCUT2D eigenvalue weighted by atomic mass is 10.1. The van der Waals surface area contributed by atoms with Gasteiger partial charge in [0, 0.05) is 5.69 Å². The predicted octanol–water partition coefficient (Wildman–Crippen LogP) is 3.40. The van der Waals surface area contributed by atoms with Crippen LogP contribution in [0.15, 0.2) is 60.7 Å². The van der Waals surface area contributed by atoms with E-state index < -0.39 is 6.04 Å². The van der Waals surface area contributed by atoms with E-state index in [1.807, 2.05) is 67.6 Å². The molecule has 0 saturated carbocycles. The Morgan fingerprint density at radius 1 is 1.05 bits per heavy atom. The summed E-state index contributed by atoms with van der Waals surface area (Å²) in [4.78, 5) is 12.1. The lowest BCUT2D eigenvalue weighted by Gasteiger charge is -2.18. The number of esters is 1. The molecule has 0 aliphatic carbocycles. The highest BCUT2D eigenvalue weighted by molar-refractivity contribution is 5.81. The van der Waals surface area contributed by atoms with Gasteiger partial charge in [-0.2, -0.15) is 0 Å². The van der Waals surface area contributed by atoms with Crippen LogP contribution < -0.4 is 5.32 Å². The van der Waals surface area contributed by atoms with Crippen molar-refractivity contribution in [2.45, 2.75) is 13.0 Å². The molecule has 0 unspecified atom stereocenters. The minimum absolute atomic E-state index is 0.266. The molecule has 2 aromatic rings. The predicted molar refractivity (Wildman–Crippen MR) is 75.9 cm³/mol. The monoisotopic (exact) mass is 255 g/mol. The van der Waals surface area contributed by atoms with Gasteiger partial charge in [-0.05, 0) is 24.6 Å². The zero-order chi connectivity index (χ0) is 13.5. The first-order chi connectivity index (χ1) is 9.31. The van der Waals surface area contributed by atoms with E-state index in [1.165, 1.54) is 0 Å². The van der Waals surface area contributed by atoms with E-state index in [1.54, 1.807) is 0 Å². The molecule has 1 N–H and O–H groups in total. The number of carbonyl (C=O) groups excluding carboxylic acids is 1. The summed E-state index contributed by atoms with van der Waals surface area (Å²) >= 11 is 0. The summed E-state index contributed by atoms with van der Waals surface area (Å²) in [5.74, 6) is -0.266. The molecule has 0 aromatic heterocycles. The fourth-order valence-corrected chi connectivity index (χ4v) is 1.85. The maximum absolute atomic E-state index is 12.1. The highest BCUT2D eigenvalue weighted by atomic mass is 16.5. The fraction of sp³-hybridized carbons (Fsp3) is 0.188. The Kier molecular flexibility index (Phi) is 4.56. The molecule has 0 spiro atoms. The SMILES string of the molecule is CCOC(=O)[C@H](Nc1ccccc1)c1ccccc1. The third-order valence-electron chi connectivity index (χ3n) is 2.74. The molecule has 0 aliphatic heterocycles. The van der Waals surface area contributed by atoms with E-state index in [-0.39, 0.29) is 5.97 Å². The van der Waals surface area contributed by atoms with E-state index in [2.05, 4.69) is 5.32 Å². The molecule has 19 heavy (non-hydrogen) atoms. The molecule has 3 nitrogen and oxygen atoms in total. The molecule has 98 valence electrons. The van der Waals surface area contributed by atoms with Gasteiger partial charge >= 0.3 is 5.97 Å². The Morgan fingerprint density at radius 3 is 2.21 bits per heavy atom. The minimum atomic E-state index is -0.483. The van der Waals surface area contributed by atoms with Crippen LogP contribution in [0, 0.1) is 0 Å². The van der Waals surface area contributed by atoms with Gasteiger partial charge in [-0.3, -0.25) is 0 Å². The number of rotatable bonds is 5. The Bertz CT molecular complexity index is 511. The second kappa shape index (κ2) is 6.59. The van der Waals surface area contributed by atoms with Crippen LogP contribution in [0.2, 0.25) is 0 Å². The Morgan fingerprint density at radius 2 is 1.63 bits per heavy atom. The van der Waals surface area contributed by atoms with Crippen LogP contribution in [0.3, 0.4) is 0 Å². The van der Waals surface area contributed by atoms with Crippen LogP contribution in [-0.2, 0) is 9.53 Å². The maximum Gasteiger partial charge on any atom is 0.333 e. The van der Waals surface area contributed by atoms with Crippen LogP contribution in [-0.4, -0.2) is 12.6 Å². The molecule has 2 aromatic carbocycles. The molecule has 0 bridgehead atoms. The Labute approximate surface area is 113 Å². The average Bonchev–Trinajstić information content (AvgIpc) is 2.47. The van der Waals surface area contributed by atoms with Crippen LogP contribution in [0.25, 0.3) is 0 Å². The van der Waals surface area contributed by atoms with E-state index in [0.29, 0.717) is 6.61 Å². The van der Waals surface area contributed by atoms with E-state index >= 15 is 0 Å². The standard InChI is InChI=1S/C16H17NO2/c1-2-19-16(18)15(13-9-5-3-6-10-13)17-14-11-7-4-8-12-14/h3-12,15,17H,2H2,1H3/t15-/m1/s1. The number of nitrogens with one attached hydrogen (secondary N) is 1. The molecular formula is C16H17NO2. The van der Waals surface area contributed by atoms with Crippen molar-refractivity contribution in [3.05, 3.63) is 66.2 Å². The summed E-state index contributed by atoms with van der Waals surface area (Å²) in [5.41, 5.74) is 1.79. The third kappa shape index (κ3) is 3.58. The van der Waals surface area contributed by atoms with Crippen molar-refractivity contribution in [2.24, 2.45) is 0 Å². The van der Waals surface area contributed by atoms with Gasteiger partial charge in [0.1, 0.15) is 0 Å². The lowest BCUT2D eigenvalue weighted by molar-refractivity contribution is -0.144. The summed E-state index contributed by atoms with van der Waals surface area (Å²) < 4.78 is 5.13. The highest BCUT2D eigenvalue weighted by Gasteiger charge is 2.21. The molecule has 0 saturated heterocycles. The van der Waals surface area contributed by atoms with Crippen molar-refractivity contribution in [3.63, 3.8) is 0 Å². The Balaban J connectivity index is 2.22. The number of para-hydroxylation sites is 1. The molecule has 0 radical (unpaired) electrons. The van der Waals surface area contributed by atoms with Gasteiger partial charge in [-0.25, -0.2) is 4.79 Å².